The second-order valence-electron chi connectivity index (χ2n) is 8.04. The van der Waals surface area contributed by atoms with Gasteiger partial charge in [0.1, 0.15) is 11.3 Å². The molecule has 2 aromatic heterocycles. The summed E-state index contributed by atoms with van der Waals surface area (Å²) in [6, 6.07) is 9.15. The highest BCUT2D eigenvalue weighted by atomic mass is 16.5. The molecule has 4 N–H and O–H groups in total. The Labute approximate surface area is 178 Å². The minimum atomic E-state index is 0.295. The van der Waals surface area contributed by atoms with Gasteiger partial charge >= 0.3 is 0 Å². The summed E-state index contributed by atoms with van der Waals surface area (Å²) >= 11 is 0. The minimum Gasteiger partial charge on any atom is -0.496 e. The van der Waals surface area contributed by atoms with Gasteiger partial charge < -0.3 is 25.7 Å². The quantitative estimate of drug-likeness (QED) is 0.417. The molecule has 0 radical (unpaired) electrons. The van der Waals surface area contributed by atoms with Crippen LogP contribution in [0.15, 0.2) is 30.5 Å². The van der Waals surface area contributed by atoms with E-state index in [0.717, 1.165) is 47.7 Å². The maximum atomic E-state index is 5.94. The highest BCUT2D eigenvalue weighted by Gasteiger charge is 2.20. The van der Waals surface area contributed by atoms with Crippen molar-refractivity contribution >= 4 is 22.8 Å². The minimum absolute atomic E-state index is 0.295. The first-order valence-electron chi connectivity index (χ1n) is 10.9. The molecule has 0 aliphatic heterocycles. The summed E-state index contributed by atoms with van der Waals surface area (Å²) in [6.07, 6.45) is 8.10. The smallest absolute Gasteiger partial charge is 0.222 e. The van der Waals surface area contributed by atoms with Gasteiger partial charge in [-0.2, -0.15) is 4.98 Å². The van der Waals surface area contributed by atoms with E-state index in [4.69, 9.17) is 10.5 Å². The Morgan fingerprint density at radius 2 is 2.07 bits per heavy atom. The maximum Gasteiger partial charge on any atom is 0.222 e. The number of fused-ring (bicyclic) bond motifs is 1. The van der Waals surface area contributed by atoms with E-state index < -0.39 is 0 Å². The van der Waals surface area contributed by atoms with Gasteiger partial charge in [-0.15, -0.1) is 0 Å². The molecule has 4 rings (SSSR count). The molecule has 7 nitrogen and oxygen atoms in total. The Hall–Kier alpha value is -2.80. The number of ether oxygens (including phenoxy) is 1. The molecule has 7 heteroatoms. The Bertz CT molecular complexity index is 995. The van der Waals surface area contributed by atoms with Crippen LogP contribution in [-0.2, 0) is 13.1 Å². The van der Waals surface area contributed by atoms with Crippen LogP contribution < -0.4 is 21.1 Å². The van der Waals surface area contributed by atoms with Crippen LogP contribution in [0.2, 0.25) is 0 Å². The molecule has 3 aromatic rings. The van der Waals surface area contributed by atoms with Crippen molar-refractivity contribution in [3.05, 3.63) is 41.6 Å². The monoisotopic (exact) mass is 408 g/mol. The number of rotatable bonds is 11. The van der Waals surface area contributed by atoms with Crippen LogP contribution in [0, 0.1) is 0 Å². The van der Waals surface area contributed by atoms with Gasteiger partial charge in [-0.3, -0.25) is 0 Å². The number of anilines is 2. The van der Waals surface area contributed by atoms with Crippen LogP contribution in [0.3, 0.4) is 0 Å². The summed E-state index contributed by atoms with van der Waals surface area (Å²) in [4.78, 5) is 8.88. The topological polar surface area (TPSA) is 90.0 Å². The molecule has 1 fully saturated rings. The number of nitrogen functional groups attached to an aromatic ring is 1. The van der Waals surface area contributed by atoms with Crippen molar-refractivity contribution in [3.63, 3.8) is 0 Å². The second kappa shape index (κ2) is 9.34. The van der Waals surface area contributed by atoms with Crippen LogP contribution in [0.5, 0.6) is 5.75 Å². The average Bonchev–Trinajstić information content (AvgIpc) is 3.50. The molecule has 1 saturated carbocycles. The van der Waals surface area contributed by atoms with Gasteiger partial charge in [-0.1, -0.05) is 31.9 Å². The van der Waals surface area contributed by atoms with Crippen LogP contribution in [-0.4, -0.2) is 34.2 Å². The van der Waals surface area contributed by atoms with Gasteiger partial charge in [0.2, 0.25) is 5.95 Å². The Morgan fingerprint density at radius 3 is 2.83 bits per heavy atom. The van der Waals surface area contributed by atoms with Crippen molar-refractivity contribution in [3.8, 4) is 5.75 Å². The van der Waals surface area contributed by atoms with E-state index in [1.165, 1.54) is 31.2 Å². The standard InChI is InChI=1S/C23H32N6O/c1-3-4-5-11-25-22-21-19(27-23(24)28-22)10-12-29(21)15-17-7-6-16(13-20(17)30-2)14-26-18-8-9-18/h6-7,10,12-13,18,26H,3-5,8-9,11,14-15H2,1-2H3,(H3,24,25,27,28). The fourth-order valence-corrected chi connectivity index (χ4v) is 3.72. The van der Waals surface area contributed by atoms with E-state index in [9.17, 15) is 0 Å². The summed E-state index contributed by atoms with van der Waals surface area (Å²) in [5.41, 5.74) is 10.1. The predicted octanol–water partition coefficient (Wildman–Crippen LogP) is 3.92. The first-order valence-corrected chi connectivity index (χ1v) is 10.9. The van der Waals surface area contributed by atoms with Gasteiger partial charge in [-0.25, -0.2) is 4.98 Å². The molecule has 0 amide bonds. The van der Waals surface area contributed by atoms with E-state index in [1.807, 2.05) is 12.3 Å². The second-order valence-corrected chi connectivity index (χ2v) is 8.04. The molecule has 0 saturated heterocycles. The van der Waals surface area contributed by atoms with Crippen molar-refractivity contribution in [1.82, 2.24) is 19.9 Å². The fourth-order valence-electron chi connectivity index (χ4n) is 3.72. The molecular weight excluding hydrogens is 376 g/mol. The largest absolute Gasteiger partial charge is 0.496 e. The first-order chi connectivity index (χ1) is 14.7. The molecule has 0 bridgehead atoms. The highest BCUT2D eigenvalue weighted by Crippen LogP contribution is 2.27. The number of hydrogen-bond donors (Lipinski definition) is 3. The third-order valence-electron chi connectivity index (χ3n) is 5.57. The molecular formula is C23H32N6O. The normalized spacial score (nSPS) is 13.7. The number of aromatic nitrogens is 3. The van der Waals surface area contributed by atoms with Crippen molar-refractivity contribution in [2.24, 2.45) is 0 Å². The fraction of sp³-hybridized carbons (Fsp3) is 0.478. The summed E-state index contributed by atoms with van der Waals surface area (Å²) in [7, 11) is 1.73. The Morgan fingerprint density at radius 1 is 1.20 bits per heavy atom. The first kappa shape index (κ1) is 20.5. The van der Waals surface area contributed by atoms with Crippen LogP contribution in [0.4, 0.5) is 11.8 Å². The highest BCUT2D eigenvalue weighted by molar-refractivity contribution is 5.87. The summed E-state index contributed by atoms with van der Waals surface area (Å²) in [5, 5.41) is 7.01. The van der Waals surface area contributed by atoms with Gasteiger partial charge in [0.15, 0.2) is 5.82 Å². The third-order valence-corrected chi connectivity index (χ3v) is 5.57. The molecule has 0 atom stereocenters. The molecule has 2 heterocycles. The van der Waals surface area contributed by atoms with Crippen LogP contribution in [0.1, 0.15) is 50.2 Å². The third kappa shape index (κ3) is 4.84. The number of nitrogens with one attached hydrogen (secondary N) is 2. The molecule has 1 aliphatic rings. The van der Waals surface area contributed by atoms with E-state index in [-0.39, 0.29) is 0 Å². The van der Waals surface area contributed by atoms with Crippen molar-refractivity contribution < 1.29 is 4.74 Å². The lowest BCUT2D eigenvalue weighted by molar-refractivity contribution is 0.408. The molecule has 0 spiro atoms. The number of benzene rings is 1. The molecule has 1 aromatic carbocycles. The zero-order chi connectivity index (χ0) is 20.9. The Kier molecular flexibility index (Phi) is 6.38. The van der Waals surface area contributed by atoms with E-state index >= 15 is 0 Å². The average molecular weight is 409 g/mol. The molecule has 0 unspecified atom stereocenters. The van der Waals surface area contributed by atoms with Gasteiger partial charge in [0.05, 0.1) is 19.2 Å². The lowest BCUT2D eigenvalue weighted by Gasteiger charge is -2.14. The summed E-state index contributed by atoms with van der Waals surface area (Å²) in [6.45, 7) is 4.63. The molecule has 1 aliphatic carbocycles. The maximum absolute atomic E-state index is 5.94. The number of methoxy groups -OCH3 is 1. The van der Waals surface area contributed by atoms with Crippen molar-refractivity contribution in [2.75, 3.05) is 24.7 Å². The lowest BCUT2D eigenvalue weighted by Crippen LogP contribution is -2.15. The Balaban J connectivity index is 1.56. The van der Waals surface area contributed by atoms with Crippen LogP contribution >= 0.6 is 0 Å². The lowest BCUT2D eigenvalue weighted by atomic mass is 10.1. The number of hydrogen-bond acceptors (Lipinski definition) is 6. The summed E-state index contributed by atoms with van der Waals surface area (Å²) in [5.74, 6) is 1.99. The van der Waals surface area contributed by atoms with Crippen molar-refractivity contribution in [1.29, 1.82) is 0 Å². The SMILES string of the molecule is CCCCCNc1nc(N)nc2ccn(Cc3ccc(CNC4CC4)cc3OC)c12. The zero-order valence-electron chi connectivity index (χ0n) is 17.9. The van der Waals surface area contributed by atoms with Crippen molar-refractivity contribution in [2.45, 2.75) is 58.2 Å². The number of nitrogens with two attached hydrogens (primary N) is 1. The van der Waals surface area contributed by atoms with Crippen LogP contribution in [0.25, 0.3) is 11.0 Å². The molecule has 160 valence electrons. The molecule has 30 heavy (non-hydrogen) atoms. The van der Waals surface area contributed by atoms with E-state index in [1.54, 1.807) is 7.11 Å². The predicted molar refractivity (Wildman–Crippen MR) is 122 cm³/mol. The zero-order valence-corrected chi connectivity index (χ0v) is 17.9. The number of unbranched alkanes of at least 4 members (excludes halogenated alkanes) is 2. The summed E-state index contributed by atoms with van der Waals surface area (Å²) < 4.78 is 7.87. The van der Waals surface area contributed by atoms with Gasteiger partial charge in [0.25, 0.3) is 0 Å². The van der Waals surface area contributed by atoms with Gasteiger partial charge in [0, 0.05) is 30.9 Å². The van der Waals surface area contributed by atoms with Gasteiger partial charge in [-0.05, 0) is 37.0 Å². The van der Waals surface area contributed by atoms with E-state index in [0.29, 0.717) is 18.5 Å². The van der Waals surface area contributed by atoms with E-state index in [2.05, 4.69) is 50.3 Å². The number of nitrogens with zero attached hydrogens (tertiary/aromatic N) is 3.